The molecule has 0 aliphatic rings. The number of nitrogens with two attached hydrogens (primary N) is 1. The van der Waals surface area contributed by atoms with Gasteiger partial charge in [-0.2, -0.15) is 0 Å². The minimum atomic E-state index is 0.0898. The largest absolute Gasteiger partial charge is 0.493 e. The summed E-state index contributed by atoms with van der Waals surface area (Å²) in [5.74, 6) is 1.63. The van der Waals surface area contributed by atoms with E-state index >= 15 is 0 Å². The van der Waals surface area contributed by atoms with Crippen molar-refractivity contribution in [1.82, 2.24) is 0 Å². The number of unbranched alkanes of at least 4 members (excludes halogenated alkanes) is 1. The Morgan fingerprint density at radius 2 is 1.83 bits per heavy atom. The molecule has 1 rings (SSSR count). The summed E-state index contributed by atoms with van der Waals surface area (Å²) in [5.41, 5.74) is 6.97. The summed E-state index contributed by atoms with van der Waals surface area (Å²) in [6, 6.07) is 8.23. The number of rotatable bonds is 8. The Balaban J connectivity index is 2.42. The van der Waals surface area contributed by atoms with Gasteiger partial charge in [0.2, 0.25) is 0 Å². The molecule has 0 aromatic heterocycles. The Labute approximate surface area is 112 Å². The normalized spacial score (nSPS) is 14.2. The quantitative estimate of drug-likeness (QED) is 0.745. The number of hydrogen-bond donors (Lipinski definition) is 1. The summed E-state index contributed by atoms with van der Waals surface area (Å²) in [7, 11) is 0. The second-order valence-corrected chi connectivity index (χ2v) is 5.09. The topological polar surface area (TPSA) is 35.2 Å². The highest BCUT2D eigenvalue weighted by Crippen LogP contribution is 2.19. The number of hydrogen-bond acceptors (Lipinski definition) is 2. The first-order valence-electron chi connectivity index (χ1n) is 7.15. The van der Waals surface area contributed by atoms with E-state index < -0.39 is 0 Å². The summed E-state index contributed by atoms with van der Waals surface area (Å²) in [4.78, 5) is 0. The molecule has 0 heterocycles. The summed E-state index contributed by atoms with van der Waals surface area (Å²) in [5, 5.41) is 0. The SMILES string of the molecule is CCCCC(CC)COc1ccc([C@H](C)N)cc1. The fraction of sp³-hybridized carbons (Fsp3) is 0.625. The van der Waals surface area contributed by atoms with E-state index in [0.29, 0.717) is 5.92 Å². The maximum absolute atomic E-state index is 5.85. The van der Waals surface area contributed by atoms with Gasteiger partial charge in [-0.05, 0) is 37.0 Å². The van der Waals surface area contributed by atoms with Crippen LogP contribution < -0.4 is 10.5 Å². The zero-order valence-corrected chi connectivity index (χ0v) is 12.0. The Hall–Kier alpha value is -1.02. The van der Waals surface area contributed by atoms with Crippen LogP contribution in [0.2, 0.25) is 0 Å². The monoisotopic (exact) mass is 249 g/mol. The van der Waals surface area contributed by atoms with Crippen molar-refractivity contribution in [2.75, 3.05) is 6.61 Å². The van der Waals surface area contributed by atoms with Gasteiger partial charge < -0.3 is 10.5 Å². The van der Waals surface area contributed by atoms with E-state index in [1.54, 1.807) is 0 Å². The van der Waals surface area contributed by atoms with Crippen LogP contribution in [0.3, 0.4) is 0 Å². The zero-order chi connectivity index (χ0) is 13.4. The highest BCUT2D eigenvalue weighted by atomic mass is 16.5. The molecule has 2 atom stereocenters. The molecule has 2 nitrogen and oxygen atoms in total. The van der Waals surface area contributed by atoms with Gasteiger partial charge in [-0.15, -0.1) is 0 Å². The van der Waals surface area contributed by atoms with Crippen LogP contribution >= 0.6 is 0 Å². The summed E-state index contributed by atoms with van der Waals surface area (Å²) < 4.78 is 5.85. The second kappa shape index (κ2) is 8.15. The molecule has 0 aliphatic heterocycles. The molecular weight excluding hydrogens is 222 g/mol. The first-order chi connectivity index (χ1) is 8.67. The lowest BCUT2D eigenvalue weighted by Gasteiger charge is -2.16. The molecule has 0 fully saturated rings. The third-order valence-corrected chi connectivity index (χ3v) is 3.43. The number of ether oxygens (including phenoxy) is 1. The summed E-state index contributed by atoms with van der Waals surface area (Å²) in [6.45, 7) is 7.30. The van der Waals surface area contributed by atoms with Gasteiger partial charge in [0.25, 0.3) is 0 Å². The van der Waals surface area contributed by atoms with Gasteiger partial charge in [-0.25, -0.2) is 0 Å². The lowest BCUT2D eigenvalue weighted by atomic mass is 10.0. The van der Waals surface area contributed by atoms with Gasteiger partial charge in [0.1, 0.15) is 5.75 Å². The molecule has 0 spiro atoms. The molecule has 2 N–H and O–H groups in total. The van der Waals surface area contributed by atoms with Crippen LogP contribution in [0.15, 0.2) is 24.3 Å². The van der Waals surface area contributed by atoms with Gasteiger partial charge >= 0.3 is 0 Å². The van der Waals surface area contributed by atoms with E-state index in [2.05, 4.69) is 13.8 Å². The number of benzene rings is 1. The van der Waals surface area contributed by atoms with Gasteiger partial charge in [0, 0.05) is 6.04 Å². The minimum Gasteiger partial charge on any atom is -0.493 e. The third kappa shape index (κ3) is 5.09. The molecule has 0 saturated carbocycles. The predicted molar refractivity (Wildman–Crippen MR) is 77.8 cm³/mol. The Morgan fingerprint density at radius 1 is 1.17 bits per heavy atom. The van der Waals surface area contributed by atoms with Gasteiger partial charge in [-0.3, -0.25) is 0 Å². The van der Waals surface area contributed by atoms with E-state index in [1.807, 2.05) is 31.2 Å². The first kappa shape index (κ1) is 15.0. The molecular formula is C16H27NO. The lowest BCUT2D eigenvalue weighted by molar-refractivity contribution is 0.233. The first-order valence-corrected chi connectivity index (χ1v) is 7.15. The molecule has 1 aromatic rings. The third-order valence-electron chi connectivity index (χ3n) is 3.43. The molecule has 0 radical (unpaired) electrons. The Kier molecular flexibility index (Phi) is 6.81. The standard InChI is InChI=1S/C16H27NO/c1-4-6-7-14(5-2)12-18-16-10-8-15(9-11-16)13(3)17/h8-11,13-14H,4-7,12,17H2,1-3H3/t13-,14?/m0/s1. The van der Waals surface area contributed by atoms with Crippen LogP contribution in [0.1, 0.15) is 58.1 Å². The molecule has 1 unspecified atom stereocenters. The van der Waals surface area contributed by atoms with E-state index in [9.17, 15) is 0 Å². The minimum absolute atomic E-state index is 0.0898. The molecule has 18 heavy (non-hydrogen) atoms. The highest BCUT2D eigenvalue weighted by Gasteiger charge is 2.07. The van der Waals surface area contributed by atoms with E-state index in [1.165, 1.54) is 25.7 Å². The van der Waals surface area contributed by atoms with Crippen molar-refractivity contribution in [2.45, 2.75) is 52.5 Å². The maximum atomic E-state index is 5.85. The Bertz CT molecular complexity index is 318. The van der Waals surface area contributed by atoms with Crippen molar-refractivity contribution in [1.29, 1.82) is 0 Å². The van der Waals surface area contributed by atoms with Crippen LogP contribution in [0.4, 0.5) is 0 Å². The van der Waals surface area contributed by atoms with Crippen LogP contribution in [0.5, 0.6) is 5.75 Å². The van der Waals surface area contributed by atoms with Crippen LogP contribution in [-0.2, 0) is 0 Å². The fourth-order valence-corrected chi connectivity index (χ4v) is 1.98. The van der Waals surface area contributed by atoms with Crippen LogP contribution in [-0.4, -0.2) is 6.61 Å². The second-order valence-electron chi connectivity index (χ2n) is 5.09. The summed E-state index contributed by atoms with van der Waals surface area (Å²) >= 11 is 0. The van der Waals surface area contributed by atoms with E-state index in [-0.39, 0.29) is 6.04 Å². The van der Waals surface area contributed by atoms with Crippen molar-refractivity contribution in [3.63, 3.8) is 0 Å². The Morgan fingerprint density at radius 3 is 2.33 bits per heavy atom. The lowest BCUT2D eigenvalue weighted by Crippen LogP contribution is -2.11. The molecule has 0 aliphatic carbocycles. The van der Waals surface area contributed by atoms with Gasteiger partial charge in [0.05, 0.1) is 6.61 Å². The van der Waals surface area contributed by atoms with Crippen molar-refractivity contribution >= 4 is 0 Å². The average molecular weight is 249 g/mol. The van der Waals surface area contributed by atoms with Crippen molar-refractivity contribution in [2.24, 2.45) is 11.7 Å². The molecule has 0 bridgehead atoms. The van der Waals surface area contributed by atoms with Gasteiger partial charge in [0.15, 0.2) is 0 Å². The molecule has 1 aromatic carbocycles. The molecule has 0 amide bonds. The van der Waals surface area contributed by atoms with Crippen LogP contribution in [0.25, 0.3) is 0 Å². The average Bonchev–Trinajstić information content (AvgIpc) is 2.39. The van der Waals surface area contributed by atoms with Crippen molar-refractivity contribution in [3.8, 4) is 5.75 Å². The maximum Gasteiger partial charge on any atom is 0.119 e. The van der Waals surface area contributed by atoms with E-state index in [4.69, 9.17) is 10.5 Å². The van der Waals surface area contributed by atoms with Crippen LogP contribution in [0, 0.1) is 5.92 Å². The summed E-state index contributed by atoms with van der Waals surface area (Å²) in [6.07, 6.45) is 5.02. The van der Waals surface area contributed by atoms with Crippen molar-refractivity contribution in [3.05, 3.63) is 29.8 Å². The van der Waals surface area contributed by atoms with Crippen molar-refractivity contribution < 1.29 is 4.74 Å². The molecule has 2 heteroatoms. The van der Waals surface area contributed by atoms with E-state index in [0.717, 1.165) is 17.9 Å². The zero-order valence-electron chi connectivity index (χ0n) is 12.0. The predicted octanol–water partition coefficient (Wildman–Crippen LogP) is 4.30. The molecule has 0 saturated heterocycles. The smallest absolute Gasteiger partial charge is 0.119 e. The molecule has 102 valence electrons. The fourth-order valence-electron chi connectivity index (χ4n) is 1.98. The highest BCUT2D eigenvalue weighted by molar-refractivity contribution is 5.28. The van der Waals surface area contributed by atoms with Gasteiger partial charge in [-0.1, -0.05) is 45.2 Å².